The Kier molecular flexibility index (Phi) is 3.50. The fourth-order valence-electron chi connectivity index (χ4n) is 1.65. The Morgan fingerprint density at radius 2 is 1.89 bits per heavy atom. The van der Waals surface area contributed by atoms with Crippen molar-refractivity contribution in [3.63, 3.8) is 0 Å². The molecule has 0 amide bonds. The van der Waals surface area contributed by atoms with E-state index in [9.17, 15) is 4.39 Å². The second kappa shape index (κ2) is 4.78. The summed E-state index contributed by atoms with van der Waals surface area (Å²) in [7, 11) is -1.43. The molecule has 0 saturated heterocycles. The van der Waals surface area contributed by atoms with E-state index >= 15 is 0 Å². The first-order chi connectivity index (χ1) is 8.38. The number of hydrogen-bond acceptors (Lipinski definition) is 2. The number of halogens is 2. The van der Waals surface area contributed by atoms with Crippen LogP contribution in [0.15, 0.2) is 30.5 Å². The van der Waals surface area contributed by atoms with Gasteiger partial charge in [-0.15, -0.1) is 0 Å². The van der Waals surface area contributed by atoms with Crippen molar-refractivity contribution in [3.05, 3.63) is 41.6 Å². The molecule has 0 spiro atoms. The average Bonchev–Trinajstić information content (AvgIpc) is 2.28. The van der Waals surface area contributed by atoms with Gasteiger partial charge in [-0.2, -0.15) is 4.39 Å². The molecule has 5 heteroatoms. The molecule has 2 aromatic rings. The van der Waals surface area contributed by atoms with Gasteiger partial charge >= 0.3 is 0 Å². The SMILES string of the molecule is C[Si](C)(C)c1ccnc(-c2ccc(Cl)nc2F)c1. The maximum Gasteiger partial charge on any atom is 0.223 e. The minimum Gasteiger partial charge on any atom is -0.256 e. The molecule has 0 aromatic carbocycles. The lowest BCUT2D eigenvalue weighted by Crippen LogP contribution is -2.37. The first-order valence-electron chi connectivity index (χ1n) is 5.67. The molecule has 2 aromatic heterocycles. The van der Waals surface area contributed by atoms with Crippen molar-refractivity contribution in [3.8, 4) is 11.3 Å². The second-order valence-electron chi connectivity index (χ2n) is 5.15. The predicted molar refractivity (Wildman–Crippen MR) is 75.4 cm³/mol. The van der Waals surface area contributed by atoms with Crippen molar-refractivity contribution < 1.29 is 4.39 Å². The highest BCUT2D eigenvalue weighted by molar-refractivity contribution is 6.88. The Bertz CT molecular complexity index is 581. The molecule has 0 bridgehead atoms. The molecule has 0 N–H and O–H groups in total. The highest BCUT2D eigenvalue weighted by Gasteiger charge is 2.18. The van der Waals surface area contributed by atoms with Crippen molar-refractivity contribution in [1.29, 1.82) is 0 Å². The first-order valence-corrected chi connectivity index (χ1v) is 9.54. The van der Waals surface area contributed by atoms with E-state index in [1.165, 1.54) is 5.19 Å². The zero-order valence-corrected chi connectivity index (χ0v) is 12.3. The molecule has 2 heterocycles. The normalized spacial score (nSPS) is 11.6. The predicted octanol–water partition coefficient (Wildman–Crippen LogP) is 3.48. The second-order valence-corrected chi connectivity index (χ2v) is 10.6. The third-order valence-corrected chi connectivity index (χ3v) is 4.97. The van der Waals surface area contributed by atoms with E-state index < -0.39 is 14.0 Å². The summed E-state index contributed by atoms with van der Waals surface area (Å²) in [6, 6.07) is 7.13. The van der Waals surface area contributed by atoms with Crippen LogP contribution >= 0.6 is 11.6 Å². The Balaban J connectivity index is 2.51. The smallest absolute Gasteiger partial charge is 0.223 e. The molecular formula is C13H14ClFN2Si. The van der Waals surface area contributed by atoms with Gasteiger partial charge in [-0.1, -0.05) is 36.4 Å². The summed E-state index contributed by atoms with van der Waals surface area (Å²) in [5.41, 5.74) is 0.996. The summed E-state index contributed by atoms with van der Waals surface area (Å²) in [6.07, 6.45) is 1.72. The molecule has 94 valence electrons. The number of rotatable bonds is 2. The van der Waals surface area contributed by atoms with Gasteiger partial charge in [0.05, 0.1) is 19.3 Å². The molecule has 0 atom stereocenters. The topological polar surface area (TPSA) is 25.8 Å². The van der Waals surface area contributed by atoms with Crippen LogP contribution in [0.3, 0.4) is 0 Å². The van der Waals surface area contributed by atoms with Gasteiger partial charge in [0.15, 0.2) is 0 Å². The van der Waals surface area contributed by atoms with Crippen LogP contribution in [0, 0.1) is 5.95 Å². The number of pyridine rings is 2. The Hall–Kier alpha value is -1.26. The van der Waals surface area contributed by atoms with Crippen molar-refractivity contribution in [2.24, 2.45) is 0 Å². The highest BCUT2D eigenvalue weighted by Crippen LogP contribution is 2.21. The van der Waals surface area contributed by atoms with Crippen LogP contribution in [0.5, 0.6) is 0 Å². The Morgan fingerprint density at radius 1 is 1.17 bits per heavy atom. The van der Waals surface area contributed by atoms with Crippen LogP contribution in [0.1, 0.15) is 0 Å². The van der Waals surface area contributed by atoms with E-state index in [0.717, 1.165) is 0 Å². The molecule has 0 fully saturated rings. The van der Waals surface area contributed by atoms with Crippen LogP contribution in [0.2, 0.25) is 24.8 Å². The minimum atomic E-state index is -1.43. The molecule has 2 rings (SSSR count). The molecule has 0 aliphatic heterocycles. The number of hydrogen-bond donors (Lipinski definition) is 0. The third kappa shape index (κ3) is 2.76. The number of nitrogens with zero attached hydrogens (tertiary/aromatic N) is 2. The minimum absolute atomic E-state index is 0.151. The summed E-state index contributed by atoms with van der Waals surface area (Å²) < 4.78 is 13.7. The molecule has 0 saturated carbocycles. The highest BCUT2D eigenvalue weighted by atomic mass is 35.5. The zero-order valence-electron chi connectivity index (χ0n) is 10.5. The molecule has 0 aliphatic carbocycles. The van der Waals surface area contributed by atoms with Crippen molar-refractivity contribution in [2.75, 3.05) is 0 Å². The fraction of sp³-hybridized carbons (Fsp3) is 0.231. The van der Waals surface area contributed by atoms with Crippen molar-refractivity contribution in [1.82, 2.24) is 9.97 Å². The van der Waals surface area contributed by atoms with Gasteiger partial charge in [-0.3, -0.25) is 4.98 Å². The average molecular weight is 281 g/mol. The van der Waals surface area contributed by atoms with E-state index in [0.29, 0.717) is 11.3 Å². The van der Waals surface area contributed by atoms with E-state index in [2.05, 4.69) is 29.6 Å². The van der Waals surface area contributed by atoms with Gasteiger partial charge in [0.2, 0.25) is 5.95 Å². The largest absolute Gasteiger partial charge is 0.256 e. The lowest BCUT2D eigenvalue weighted by Gasteiger charge is -2.17. The quantitative estimate of drug-likeness (QED) is 0.622. The standard InChI is InChI=1S/C13H14ClFN2Si/c1-18(2,3)9-6-7-16-11(8-9)10-4-5-12(14)17-13(10)15/h4-8H,1-3H3. The van der Waals surface area contributed by atoms with Gasteiger partial charge in [-0.05, 0) is 24.3 Å². The lowest BCUT2D eigenvalue weighted by molar-refractivity contribution is 0.587. The van der Waals surface area contributed by atoms with Gasteiger partial charge in [0, 0.05) is 6.20 Å². The first kappa shape index (κ1) is 13.2. The van der Waals surface area contributed by atoms with Gasteiger partial charge in [0.1, 0.15) is 5.15 Å². The fourth-order valence-corrected chi connectivity index (χ4v) is 2.93. The van der Waals surface area contributed by atoms with Crippen LogP contribution in [0.4, 0.5) is 4.39 Å². The van der Waals surface area contributed by atoms with Gasteiger partial charge < -0.3 is 0 Å². The molecule has 0 radical (unpaired) electrons. The van der Waals surface area contributed by atoms with E-state index in [1.807, 2.05) is 12.1 Å². The van der Waals surface area contributed by atoms with E-state index in [1.54, 1.807) is 18.3 Å². The number of aromatic nitrogens is 2. The zero-order chi connectivity index (χ0) is 13.3. The lowest BCUT2D eigenvalue weighted by atomic mass is 10.2. The Morgan fingerprint density at radius 3 is 2.50 bits per heavy atom. The van der Waals surface area contributed by atoms with Crippen LogP contribution in [-0.2, 0) is 0 Å². The van der Waals surface area contributed by atoms with Crippen molar-refractivity contribution in [2.45, 2.75) is 19.6 Å². The van der Waals surface area contributed by atoms with Gasteiger partial charge in [-0.25, -0.2) is 4.98 Å². The molecular weight excluding hydrogens is 267 g/mol. The molecule has 0 unspecified atom stereocenters. The molecule has 18 heavy (non-hydrogen) atoms. The molecule has 0 aliphatic rings. The van der Waals surface area contributed by atoms with E-state index in [4.69, 9.17) is 11.6 Å². The summed E-state index contributed by atoms with van der Waals surface area (Å²) in [5, 5.41) is 1.39. The summed E-state index contributed by atoms with van der Waals surface area (Å²) in [5.74, 6) is -0.581. The molecule has 2 nitrogen and oxygen atoms in total. The third-order valence-electron chi connectivity index (χ3n) is 2.72. The summed E-state index contributed by atoms with van der Waals surface area (Å²) in [4.78, 5) is 7.82. The monoisotopic (exact) mass is 280 g/mol. The van der Waals surface area contributed by atoms with Crippen LogP contribution in [0.25, 0.3) is 11.3 Å². The summed E-state index contributed by atoms with van der Waals surface area (Å²) >= 11 is 5.64. The van der Waals surface area contributed by atoms with Gasteiger partial charge in [0.25, 0.3) is 0 Å². The summed E-state index contributed by atoms with van der Waals surface area (Å²) in [6.45, 7) is 6.72. The van der Waals surface area contributed by atoms with Crippen LogP contribution in [-0.4, -0.2) is 18.0 Å². The maximum atomic E-state index is 13.7. The Labute approximate surface area is 112 Å². The van der Waals surface area contributed by atoms with E-state index in [-0.39, 0.29) is 5.15 Å². The van der Waals surface area contributed by atoms with Crippen LogP contribution < -0.4 is 5.19 Å². The maximum absolute atomic E-state index is 13.7. The van der Waals surface area contributed by atoms with Crippen molar-refractivity contribution >= 4 is 24.9 Å².